The normalized spacial score (nSPS) is 10.4. The van der Waals surface area contributed by atoms with Crippen LogP contribution in [-0.4, -0.2) is 29.0 Å². The molecule has 0 fully saturated rings. The Labute approximate surface area is 239 Å². The van der Waals surface area contributed by atoms with Gasteiger partial charge in [-0.2, -0.15) is 0 Å². The van der Waals surface area contributed by atoms with E-state index in [0.717, 1.165) is 0 Å². The van der Waals surface area contributed by atoms with Crippen molar-refractivity contribution in [2.45, 2.75) is 85.5 Å². The Morgan fingerprint density at radius 3 is 0.778 bits per heavy atom. The Bertz CT molecular complexity index is 859. The third-order valence-electron chi connectivity index (χ3n) is 5.18. The van der Waals surface area contributed by atoms with E-state index in [1.54, 1.807) is 0 Å². The topological polar surface area (TPSA) is 20.2 Å². The fraction of sp³-hybridized carbons (Fsp3) is 0.382. The molecule has 36 heavy (non-hydrogen) atoms. The molecule has 2 heteroatoms. The summed E-state index contributed by atoms with van der Waals surface area (Å²) in [5.74, 6) is 0.144. The first kappa shape index (κ1) is 35.9. The molecule has 0 spiro atoms. The summed E-state index contributed by atoms with van der Waals surface area (Å²) in [4.78, 5) is 0. The van der Waals surface area contributed by atoms with Gasteiger partial charge in [0.1, 0.15) is 5.76 Å². The fourth-order valence-electron chi connectivity index (χ4n) is 2.81. The Hall–Kier alpha value is -2.22. The predicted molar refractivity (Wildman–Crippen MR) is 162 cm³/mol. The molecule has 0 bridgehead atoms. The van der Waals surface area contributed by atoms with Gasteiger partial charge in [0.15, 0.2) is 0 Å². The van der Waals surface area contributed by atoms with Crippen LogP contribution in [0.3, 0.4) is 0 Å². The molecule has 4 radical (unpaired) electrons. The molecule has 0 aliphatic carbocycles. The van der Waals surface area contributed by atoms with E-state index in [1.807, 2.05) is 0 Å². The van der Waals surface area contributed by atoms with Crippen LogP contribution in [0.25, 0.3) is 0 Å². The Morgan fingerprint density at radius 2 is 0.694 bits per heavy atom. The molecule has 1 nitrogen and oxygen atoms in total. The SMILES string of the molecule is C=C=C(C)O.CC(C)(C)c1ccccc1.CC(C)(C)c1ccccc1.CC(C)(C)c1ccccc1.[Sn]. The standard InChI is InChI=1S/3C10H14.C4H6O.Sn/c3*1-10(2,3)9-7-5-4-6-8-9;1-3-4(2)5;/h3*4-8H,1-3H3;5H,1H2,2H3;. The summed E-state index contributed by atoms with van der Waals surface area (Å²) in [7, 11) is 0. The third kappa shape index (κ3) is 17.2. The zero-order valence-corrected chi connectivity index (χ0v) is 27.2. The zero-order chi connectivity index (χ0) is 27.1. The van der Waals surface area contributed by atoms with Crippen molar-refractivity contribution < 1.29 is 5.11 Å². The van der Waals surface area contributed by atoms with Crippen LogP contribution in [0.15, 0.2) is 109 Å². The van der Waals surface area contributed by atoms with Gasteiger partial charge < -0.3 is 5.11 Å². The second-order valence-electron chi connectivity index (χ2n) is 11.6. The quantitative estimate of drug-likeness (QED) is 0.157. The molecular weight excluding hydrogens is 543 g/mol. The number of allylic oxidation sites excluding steroid dienone is 1. The van der Waals surface area contributed by atoms with Crippen LogP contribution in [-0.2, 0) is 16.2 Å². The number of rotatable bonds is 0. The molecule has 0 aliphatic heterocycles. The Balaban J connectivity index is 0. The van der Waals surface area contributed by atoms with Crippen LogP contribution in [0.5, 0.6) is 0 Å². The molecule has 0 saturated heterocycles. The molecule has 3 rings (SSSR count). The molecule has 3 aromatic rings. The smallest absolute Gasteiger partial charge is 0.131 e. The van der Waals surface area contributed by atoms with Crippen molar-refractivity contribution in [1.82, 2.24) is 0 Å². The number of hydrogen-bond donors (Lipinski definition) is 1. The fourth-order valence-corrected chi connectivity index (χ4v) is 2.81. The summed E-state index contributed by atoms with van der Waals surface area (Å²) in [6.07, 6.45) is 0. The summed E-state index contributed by atoms with van der Waals surface area (Å²) in [6, 6.07) is 31.7. The van der Waals surface area contributed by atoms with E-state index in [-0.39, 0.29) is 29.7 Å². The second kappa shape index (κ2) is 17.3. The number of hydrogen-bond acceptors (Lipinski definition) is 1. The molecule has 194 valence electrons. The minimum Gasteiger partial charge on any atom is -0.505 e. The summed E-state index contributed by atoms with van der Waals surface area (Å²) in [6.45, 7) is 24.7. The van der Waals surface area contributed by atoms with Crippen molar-refractivity contribution in [3.05, 3.63) is 126 Å². The largest absolute Gasteiger partial charge is 0.505 e. The van der Waals surface area contributed by atoms with Gasteiger partial charge in [0.2, 0.25) is 0 Å². The van der Waals surface area contributed by atoms with E-state index in [1.165, 1.54) is 23.6 Å². The van der Waals surface area contributed by atoms with E-state index in [2.05, 4.69) is 166 Å². The van der Waals surface area contributed by atoms with Crippen LogP contribution in [0.2, 0.25) is 0 Å². The number of aliphatic hydroxyl groups is 1. The molecule has 1 N–H and O–H groups in total. The zero-order valence-electron chi connectivity index (χ0n) is 24.3. The molecule has 0 unspecified atom stereocenters. The van der Waals surface area contributed by atoms with Crippen molar-refractivity contribution in [2.75, 3.05) is 0 Å². The molecule has 0 aliphatic rings. The van der Waals surface area contributed by atoms with Gasteiger partial charge in [-0.05, 0) is 32.9 Å². The van der Waals surface area contributed by atoms with Gasteiger partial charge in [0, 0.05) is 30.8 Å². The minimum absolute atomic E-state index is 0. The van der Waals surface area contributed by atoms with Crippen LogP contribution in [0, 0.1) is 0 Å². The van der Waals surface area contributed by atoms with E-state index >= 15 is 0 Å². The van der Waals surface area contributed by atoms with Gasteiger partial charge in [0.05, 0.1) is 0 Å². The molecule has 0 aromatic heterocycles. The van der Waals surface area contributed by atoms with Gasteiger partial charge in [-0.15, -0.1) is 0 Å². The Morgan fingerprint density at radius 1 is 0.528 bits per heavy atom. The van der Waals surface area contributed by atoms with Gasteiger partial charge in [-0.1, -0.05) is 166 Å². The maximum Gasteiger partial charge on any atom is 0.131 e. The maximum absolute atomic E-state index is 8.10. The second-order valence-corrected chi connectivity index (χ2v) is 11.6. The van der Waals surface area contributed by atoms with Crippen molar-refractivity contribution >= 4 is 23.9 Å². The first-order chi connectivity index (χ1) is 16.1. The van der Waals surface area contributed by atoms with Gasteiger partial charge >= 0.3 is 0 Å². The van der Waals surface area contributed by atoms with E-state index < -0.39 is 0 Å². The van der Waals surface area contributed by atoms with E-state index in [9.17, 15) is 0 Å². The summed E-state index contributed by atoms with van der Waals surface area (Å²) >= 11 is 0. The summed E-state index contributed by atoms with van der Waals surface area (Å²) < 4.78 is 0. The summed E-state index contributed by atoms with van der Waals surface area (Å²) in [5.41, 5.74) is 7.32. The molecule has 0 heterocycles. The monoisotopic (exact) mass is 592 g/mol. The van der Waals surface area contributed by atoms with E-state index in [4.69, 9.17) is 5.11 Å². The van der Waals surface area contributed by atoms with Crippen molar-refractivity contribution in [2.24, 2.45) is 0 Å². The van der Waals surface area contributed by atoms with Crippen LogP contribution >= 0.6 is 0 Å². The predicted octanol–water partition coefficient (Wildman–Crippen LogP) is 9.80. The van der Waals surface area contributed by atoms with Crippen molar-refractivity contribution in [3.63, 3.8) is 0 Å². The average Bonchev–Trinajstić information content (AvgIpc) is 2.80. The maximum atomic E-state index is 8.10. The first-order valence-electron chi connectivity index (χ1n) is 12.3. The molecule has 0 atom stereocenters. The summed E-state index contributed by atoms with van der Waals surface area (Å²) in [5, 5.41) is 8.10. The first-order valence-corrected chi connectivity index (χ1v) is 12.3. The number of benzene rings is 3. The van der Waals surface area contributed by atoms with Gasteiger partial charge in [-0.3, -0.25) is 0 Å². The van der Waals surface area contributed by atoms with Crippen molar-refractivity contribution in [3.8, 4) is 0 Å². The van der Waals surface area contributed by atoms with Crippen molar-refractivity contribution in [1.29, 1.82) is 0 Å². The molecular formula is C34H48OSn. The molecule has 0 amide bonds. The van der Waals surface area contributed by atoms with E-state index in [0.29, 0.717) is 16.2 Å². The van der Waals surface area contributed by atoms with Crippen LogP contribution in [0.4, 0.5) is 0 Å². The third-order valence-corrected chi connectivity index (χ3v) is 5.18. The van der Waals surface area contributed by atoms with Gasteiger partial charge in [0.25, 0.3) is 0 Å². The average molecular weight is 591 g/mol. The molecule has 0 saturated carbocycles. The van der Waals surface area contributed by atoms with Crippen LogP contribution < -0.4 is 0 Å². The van der Waals surface area contributed by atoms with Gasteiger partial charge in [-0.25, -0.2) is 0 Å². The number of aliphatic hydroxyl groups excluding tert-OH is 1. The molecule has 3 aromatic carbocycles. The minimum atomic E-state index is 0. The Kier molecular flexibility index (Phi) is 17.2. The van der Waals surface area contributed by atoms with Crippen LogP contribution in [0.1, 0.15) is 85.9 Å².